The molecule has 0 saturated heterocycles. The first-order valence-corrected chi connectivity index (χ1v) is 6.05. The molecule has 90 valence electrons. The lowest BCUT2D eigenvalue weighted by Gasteiger charge is -2.08. The van der Waals surface area contributed by atoms with E-state index in [0.717, 1.165) is 16.9 Å². The molecule has 1 unspecified atom stereocenters. The number of Topliss-reactive ketones (excluding diaryl/α,β-unsaturated/α-hetero) is 1. The van der Waals surface area contributed by atoms with Crippen LogP contribution in [0, 0.1) is 6.92 Å². The average Bonchev–Trinajstić information content (AvgIpc) is 2.82. The Morgan fingerprint density at radius 3 is 2.89 bits per heavy atom. The van der Waals surface area contributed by atoms with Crippen molar-refractivity contribution in [1.82, 2.24) is 4.98 Å². The zero-order chi connectivity index (χ0) is 12.5. The van der Waals surface area contributed by atoms with Gasteiger partial charge in [0.25, 0.3) is 0 Å². The average molecular weight is 238 g/mol. The minimum atomic E-state index is -0.0919. The fourth-order valence-corrected chi connectivity index (χ4v) is 2.33. The Morgan fingerprint density at radius 2 is 2.11 bits per heavy atom. The number of hydrogen-bond acceptors (Lipinski definition) is 3. The maximum absolute atomic E-state index is 12.4. The molecule has 0 saturated carbocycles. The number of para-hydroxylation sites is 1. The summed E-state index contributed by atoms with van der Waals surface area (Å²) in [6, 6.07) is 11.7. The maximum Gasteiger partial charge on any atom is 0.173 e. The van der Waals surface area contributed by atoms with E-state index in [2.05, 4.69) is 10.3 Å². The maximum atomic E-state index is 12.4. The summed E-state index contributed by atoms with van der Waals surface area (Å²) >= 11 is 0. The fourth-order valence-electron chi connectivity index (χ4n) is 2.33. The number of benzene rings is 1. The third-order valence-electron chi connectivity index (χ3n) is 3.35. The van der Waals surface area contributed by atoms with Crippen molar-refractivity contribution in [2.24, 2.45) is 0 Å². The lowest BCUT2D eigenvalue weighted by molar-refractivity contribution is 0.0966. The number of carbonyl (C=O) groups excluding carboxylic acids is 1. The van der Waals surface area contributed by atoms with Gasteiger partial charge in [-0.3, -0.25) is 9.78 Å². The van der Waals surface area contributed by atoms with E-state index >= 15 is 0 Å². The lowest BCUT2D eigenvalue weighted by Crippen LogP contribution is -2.15. The highest BCUT2D eigenvalue weighted by molar-refractivity contribution is 6.02. The van der Waals surface area contributed by atoms with Crippen molar-refractivity contribution in [3.05, 3.63) is 59.4 Å². The Balaban J connectivity index is 1.93. The van der Waals surface area contributed by atoms with Gasteiger partial charge in [-0.2, -0.15) is 0 Å². The first-order chi connectivity index (χ1) is 8.75. The van der Waals surface area contributed by atoms with Crippen molar-refractivity contribution in [3.8, 4) is 0 Å². The molecule has 0 fully saturated rings. The Labute approximate surface area is 106 Å². The normalized spacial score (nSPS) is 17.1. The molecule has 3 nitrogen and oxygen atoms in total. The number of nitrogens with one attached hydrogen (secondary N) is 1. The highest BCUT2D eigenvalue weighted by Crippen LogP contribution is 2.33. The Hall–Kier alpha value is -2.16. The van der Waals surface area contributed by atoms with Crippen molar-refractivity contribution in [2.75, 3.05) is 11.9 Å². The second-order valence-electron chi connectivity index (χ2n) is 4.57. The largest absolute Gasteiger partial charge is 0.384 e. The molecule has 2 heterocycles. The number of aromatic nitrogens is 1. The third kappa shape index (κ3) is 1.78. The van der Waals surface area contributed by atoms with Crippen molar-refractivity contribution >= 4 is 11.5 Å². The molecule has 0 amide bonds. The predicted octanol–water partition coefficient (Wildman–Crippen LogP) is 2.78. The van der Waals surface area contributed by atoms with Gasteiger partial charge in [-0.05, 0) is 30.7 Å². The molecule has 1 N–H and O–H groups in total. The van der Waals surface area contributed by atoms with Crippen LogP contribution in [0.2, 0.25) is 0 Å². The number of pyridine rings is 1. The van der Waals surface area contributed by atoms with Gasteiger partial charge in [0.15, 0.2) is 5.78 Å². The first-order valence-electron chi connectivity index (χ1n) is 6.05. The van der Waals surface area contributed by atoms with Crippen LogP contribution in [0.4, 0.5) is 5.69 Å². The van der Waals surface area contributed by atoms with Crippen molar-refractivity contribution in [1.29, 1.82) is 0 Å². The summed E-state index contributed by atoms with van der Waals surface area (Å²) in [5, 5.41) is 3.27. The summed E-state index contributed by atoms with van der Waals surface area (Å²) in [6.45, 7) is 2.59. The monoisotopic (exact) mass is 238 g/mol. The van der Waals surface area contributed by atoms with Crippen molar-refractivity contribution in [3.63, 3.8) is 0 Å². The number of carbonyl (C=O) groups is 1. The molecule has 3 heteroatoms. The Kier molecular flexibility index (Phi) is 2.59. The molecule has 0 radical (unpaired) electrons. The number of ketones is 1. The minimum absolute atomic E-state index is 0.0919. The molecule has 1 aliphatic heterocycles. The van der Waals surface area contributed by atoms with Gasteiger partial charge in [0.05, 0.1) is 5.92 Å². The first kappa shape index (κ1) is 11.0. The molecule has 18 heavy (non-hydrogen) atoms. The number of hydrogen-bond donors (Lipinski definition) is 1. The SMILES string of the molecule is Cc1ccc(C(=O)C2CNc3ccccc32)cn1. The standard InChI is InChI=1S/C15H14N2O/c1-10-6-7-11(8-16-10)15(18)13-9-17-14-5-3-2-4-12(13)14/h2-8,13,17H,9H2,1H3. The zero-order valence-electron chi connectivity index (χ0n) is 10.2. The fraction of sp³-hybridized carbons (Fsp3) is 0.200. The molecule has 0 spiro atoms. The Morgan fingerprint density at radius 1 is 1.28 bits per heavy atom. The molecule has 0 aliphatic carbocycles. The van der Waals surface area contributed by atoms with Gasteiger partial charge < -0.3 is 5.32 Å². The van der Waals surface area contributed by atoms with Gasteiger partial charge >= 0.3 is 0 Å². The molecule has 0 bridgehead atoms. The van der Waals surface area contributed by atoms with E-state index in [-0.39, 0.29) is 11.7 Å². The number of rotatable bonds is 2. The summed E-state index contributed by atoms with van der Waals surface area (Å²) < 4.78 is 0. The number of aryl methyl sites for hydroxylation is 1. The van der Waals surface area contributed by atoms with Crippen LogP contribution < -0.4 is 5.32 Å². The van der Waals surface area contributed by atoms with E-state index in [0.29, 0.717) is 12.1 Å². The summed E-state index contributed by atoms with van der Waals surface area (Å²) in [5.74, 6) is 0.0469. The van der Waals surface area contributed by atoms with E-state index in [1.54, 1.807) is 6.20 Å². The molecule has 3 rings (SSSR count). The van der Waals surface area contributed by atoms with Crippen LogP contribution in [0.1, 0.15) is 27.5 Å². The summed E-state index contributed by atoms with van der Waals surface area (Å²) in [6.07, 6.45) is 1.67. The van der Waals surface area contributed by atoms with Gasteiger partial charge in [-0.15, -0.1) is 0 Å². The van der Waals surface area contributed by atoms with Crippen LogP contribution in [0.5, 0.6) is 0 Å². The molecule has 1 atom stereocenters. The van der Waals surface area contributed by atoms with E-state index < -0.39 is 0 Å². The van der Waals surface area contributed by atoms with E-state index in [9.17, 15) is 4.79 Å². The second kappa shape index (κ2) is 4.26. The number of nitrogens with zero attached hydrogens (tertiary/aromatic N) is 1. The van der Waals surface area contributed by atoms with Gasteiger partial charge in [-0.1, -0.05) is 18.2 Å². The Bertz CT molecular complexity index is 590. The minimum Gasteiger partial charge on any atom is -0.384 e. The van der Waals surface area contributed by atoms with E-state index in [1.807, 2.05) is 43.3 Å². The van der Waals surface area contributed by atoms with Gasteiger partial charge in [0.1, 0.15) is 0 Å². The molecule has 1 aromatic heterocycles. The van der Waals surface area contributed by atoms with Crippen LogP contribution in [0.25, 0.3) is 0 Å². The van der Waals surface area contributed by atoms with Crippen LogP contribution in [0.15, 0.2) is 42.6 Å². The molecule has 2 aromatic rings. The van der Waals surface area contributed by atoms with Crippen LogP contribution >= 0.6 is 0 Å². The highest BCUT2D eigenvalue weighted by Gasteiger charge is 2.28. The second-order valence-corrected chi connectivity index (χ2v) is 4.57. The summed E-state index contributed by atoms with van der Waals surface area (Å²) in [5.41, 5.74) is 3.76. The van der Waals surface area contributed by atoms with Gasteiger partial charge in [0, 0.05) is 29.7 Å². The van der Waals surface area contributed by atoms with Gasteiger partial charge in [-0.25, -0.2) is 0 Å². The van der Waals surface area contributed by atoms with E-state index in [4.69, 9.17) is 0 Å². The van der Waals surface area contributed by atoms with Crippen molar-refractivity contribution in [2.45, 2.75) is 12.8 Å². The number of fused-ring (bicyclic) bond motifs is 1. The summed E-state index contributed by atoms with van der Waals surface area (Å²) in [7, 11) is 0. The third-order valence-corrected chi connectivity index (χ3v) is 3.35. The summed E-state index contributed by atoms with van der Waals surface area (Å²) in [4.78, 5) is 16.6. The smallest absolute Gasteiger partial charge is 0.173 e. The highest BCUT2D eigenvalue weighted by atomic mass is 16.1. The van der Waals surface area contributed by atoms with Gasteiger partial charge in [0.2, 0.25) is 0 Å². The topological polar surface area (TPSA) is 42.0 Å². The van der Waals surface area contributed by atoms with Crippen LogP contribution in [0.3, 0.4) is 0 Å². The molecular weight excluding hydrogens is 224 g/mol. The molecule has 1 aliphatic rings. The predicted molar refractivity (Wildman–Crippen MR) is 71.0 cm³/mol. The number of anilines is 1. The van der Waals surface area contributed by atoms with E-state index in [1.165, 1.54) is 0 Å². The van der Waals surface area contributed by atoms with Crippen molar-refractivity contribution < 1.29 is 4.79 Å². The molecular formula is C15H14N2O. The van der Waals surface area contributed by atoms with Crippen LogP contribution in [-0.2, 0) is 0 Å². The lowest BCUT2D eigenvalue weighted by atomic mass is 9.93. The molecule has 1 aromatic carbocycles. The zero-order valence-corrected chi connectivity index (χ0v) is 10.2. The quantitative estimate of drug-likeness (QED) is 0.818. The van der Waals surface area contributed by atoms with Crippen LogP contribution in [-0.4, -0.2) is 17.3 Å².